The minimum Gasteiger partial charge on any atom is -0.328 e. The first kappa shape index (κ1) is 11.4. The summed E-state index contributed by atoms with van der Waals surface area (Å²) in [6, 6.07) is 0.822. The summed E-state index contributed by atoms with van der Waals surface area (Å²) in [5.41, 5.74) is 18.5. The molecule has 0 heterocycles. The van der Waals surface area contributed by atoms with E-state index in [0.717, 1.165) is 38.5 Å². The third kappa shape index (κ3) is 2.52. The van der Waals surface area contributed by atoms with E-state index < -0.39 is 0 Å². The van der Waals surface area contributed by atoms with Gasteiger partial charge in [-0.2, -0.15) is 0 Å². The van der Waals surface area contributed by atoms with Gasteiger partial charge in [0.2, 0.25) is 0 Å². The summed E-state index contributed by atoms with van der Waals surface area (Å²) in [5.74, 6) is 0.699. The van der Waals surface area contributed by atoms with Crippen molar-refractivity contribution in [3.63, 3.8) is 0 Å². The zero-order valence-electron chi connectivity index (χ0n) is 9.62. The molecule has 0 atom stereocenters. The van der Waals surface area contributed by atoms with Crippen LogP contribution in [0.3, 0.4) is 0 Å². The minimum absolute atomic E-state index is 0.0794. The summed E-state index contributed by atoms with van der Waals surface area (Å²) in [6.45, 7) is 0. The molecule has 0 aromatic heterocycles. The van der Waals surface area contributed by atoms with E-state index in [2.05, 4.69) is 0 Å². The zero-order chi connectivity index (χ0) is 10.9. The Balaban J connectivity index is 1.91. The van der Waals surface area contributed by atoms with Crippen molar-refractivity contribution < 1.29 is 0 Å². The molecule has 0 unspecified atom stereocenters. The van der Waals surface area contributed by atoms with Crippen LogP contribution in [0.2, 0.25) is 0 Å². The lowest BCUT2D eigenvalue weighted by molar-refractivity contribution is 0.140. The van der Waals surface area contributed by atoms with E-state index in [4.69, 9.17) is 17.2 Å². The fourth-order valence-corrected chi connectivity index (χ4v) is 3.28. The monoisotopic (exact) mass is 211 g/mol. The third-order valence-corrected chi connectivity index (χ3v) is 4.55. The summed E-state index contributed by atoms with van der Waals surface area (Å²) in [6.07, 6.45) is 9.24. The summed E-state index contributed by atoms with van der Waals surface area (Å²) in [7, 11) is 0. The normalized spacial score (nSPS) is 47.8. The largest absolute Gasteiger partial charge is 0.328 e. The second-order valence-corrected chi connectivity index (χ2v) is 5.68. The molecule has 2 aliphatic rings. The standard InChI is InChI=1S/C12H25N3/c13-10-3-1-9(2-4-10)12(15)7-5-11(14)6-8-12/h9-11H,1-8,13-15H2. The fraction of sp³-hybridized carbons (Fsp3) is 1.00. The molecule has 0 aromatic carbocycles. The molecule has 0 radical (unpaired) electrons. The molecule has 2 saturated carbocycles. The van der Waals surface area contributed by atoms with E-state index in [-0.39, 0.29) is 5.54 Å². The van der Waals surface area contributed by atoms with Gasteiger partial charge < -0.3 is 17.2 Å². The first-order valence-corrected chi connectivity index (χ1v) is 6.40. The number of nitrogens with two attached hydrogens (primary N) is 3. The second-order valence-electron chi connectivity index (χ2n) is 5.68. The number of hydrogen-bond donors (Lipinski definition) is 3. The predicted octanol–water partition coefficient (Wildman–Crippen LogP) is 1.10. The first-order valence-electron chi connectivity index (χ1n) is 6.40. The van der Waals surface area contributed by atoms with Crippen molar-refractivity contribution >= 4 is 0 Å². The van der Waals surface area contributed by atoms with Crippen molar-refractivity contribution in [3.8, 4) is 0 Å². The lowest BCUT2D eigenvalue weighted by atomic mass is 9.67. The fourth-order valence-electron chi connectivity index (χ4n) is 3.28. The molecule has 2 aliphatic carbocycles. The summed E-state index contributed by atoms with van der Waals surface area (Å²) in [4.78, 5) is 0. The highest BCUT2D eigenvalue weighted by molar-refractivity contribution is 4.98. The molecule has 2 fully saturated rings. The molecule has 0 saturated heterocycles. The van der Waals surface area contributed by atoms with Crippen LogP contribution in [0.1, 0.15) is 51.4 Å². The molecular formula is C12H25N3. The Morgan fingerprint density at radius 1 is 0.733 bits per heavy atom. The molecule has 0 spiro atoms. The smallest absolute Gasteiger partial charge is 0.0184 e. The lowest BCUT2D eigenvalue weighted by Gasteiger charge is -2.44. The Morgan fingerprint density at radius 2 is 1.20 bits per heavy atom. The van der Waals surface area contributed by atoms with Crippen molar-refractivity contribution in [2.45, 2.75) is 69.0 Å². The molecule has 0 aromatic rings. The van der Waals surface area contributed by atoms with Crippen molar-refractivity contribution in [3.05, 3.63) is 0 Å². The van der Waals surface area contributed by atoms with Gasteiger partial charge in [-0.25, -0.2) is 0 Å². The van der Waals surface area contributed by atoms with Gasteiger partial charge in [-0.1, -0.05) is 0 Å². The van der Waals surface area contributed by atoms with Crippen LogP contribution in [0.5, 0.6) is 0 Å². The maximum absolute atomic E-state index is 6.55. The number of hydrogen-bond acceptors (Lipinski definition) is 3. The van der Waals surface area contributed by atoms with Gasteiger partial charge in [-0.3, -0.25) is 0 Å². The van der Waals surface area contributed by atoms with Gasteiger partial charge in [-0.15, -0.1) is 0 Å². The highest BCUT2D eigenvalue weighted by Crippen LogP contribution is 2.39. The van der Waals surface area contributed by atoms with Crippen molar-refractivity contribution in [2.24, 2.45) is 23.1 Å². The number of rotatable bonds is 1. The molecule has 88 valence electrons. The summed E-state index contributed by atoms with van der Waals surface area (Å²) >= 11 is 0. The quantitative estimate of drug-likeness (QED) is 0.608. The Labute approximate surface area is 92.8 Å². The molecule has 3 nitrogen and oxygen atoms in total. The molecule has 2 rings (SSSR count). The molecule has 0 aliphatic heterocycles. The predicted molar refractivity (Wildman–Crippen MR) is 63.3 cm³/mol. The lowest BCUT2D eigenvalue weighted by Crippen LogP contribution is -2.53. The Hall–Kier alpha value is -0.120. The molecular weight excluding hydrogens is 186 g/mol. The van der Waals surface area contributed by atoms with E-state index in [1.165, 1.54) is 12.8 Å². The average molecular weight is 211 g/mol. The maximum Gasteiger partial charge on any atom is 0.0184 e. The van der Waals surface area contributed by atoms with Crippen LogP contribution in [0.4, 0.5) is 0 Å². The van der Waals surface area contributed by atoms with Gasteiger partial charge in [0.1, 0.15) is 0 Å². The third-order valence-electron chi connectivity index (χ3n) is 4.55. The van der Waals surface area contributed by atoms with E-state index in [1.807, 2.05) is 0 Å². The van der Waals surface area contributed by atoms with Crippen LogP contribution < -0.4 is 17.2 Å². The molecule has 3 heteroatoms. The van der Waals surface area contributed by atoms with Gasteiger partial charge in [0.15, 0.2) is 0 Å². The first-order chi connectivity index (χ1) is 7.10. The topological polar surface area (TPSA) is 78.1 Å². The Morgan fingerprint density at radius 3 is 1.73 bits per heavy atom. The van der Waals surface area contributed by atoms with Gasteiger partial charge in [0.05, 0.1) is 0 Å². The summed E-state index contributed by atoms with van der Waals surface area (Å²) in [5, 5.41) is 0. The van der Waals surface area contributed by atoms with E-state index in [0.29, 0.717) is 18.0 Å². The molecule has 6 N–H and O–H groups in total. The molecule has 0 bridgehead atoms. The van der Waals surface area contributed by atoms with Gasteiger partial charge >= 0.3 is 0 Å². The highest BCUT2D eigenvalue weighted by atomic mass is 14.8. The van der Waals surface area contributed by atoms with Crippen molar-refractivity contribution in [1.82, 2.24) is 0 Å². The van der Waals surface area contributed by atoms with Crippen LogP contribution in [-0.4, -0.2) is 17.6 Å². The minimum atomic E-state index is 0.0794. The highest BCUT2D eigenvalue weighted by Gasteiger charge is 2.38. The van der Waals surface area contributed by atoms with Crippen LogP contribution in [-0.2, 0) is 0 Å². The van der Waals surface area contributed by atoms with Crippen molar-refractivity contribution in [2.75, 3.05) is 0 Å². The van der Waals surface area contributed by atoms with Gasteiger partial charge in [-0.05, 0) is 57.3 Å². The van der Waals surface area contributed by atoms with Gasteiger partial charge in [0.25, 0.3) is 0 Å². The van der Waals surface area contributed by atoms with Gasteiger partial charge in [0, 0.05) is 17.6 Å². The molecule has 0 amide bonds. The van der Waals surface area contributed by atoms with E-state index >= 15 is 0 Å². The van der Waals surface area contributed by atoms with Crippen LogP contribution >= 0.6 is 0 Å². The Kier molecular flexibility index (Phi) is 3.33. The molecule has 15 heavy (non-hydrogen) atoms. The Bertz CT molecular complexity index is 201. The van der Waals surface area contributed by atoms with E-state index in [1.54, 1.807) is 0 Å². The SMILES string of the molecule is NC1CCC(C2(N)CCC(N)CC2)CC1. The van der Waals surface area contributed by atoms with Crippen LogP contribution in [0, 0.1) is 5.92 Å². The van der Waals surface area contributed by atoms with Crippen LogP contribution in [0.25, 0.3) is 0 Å². The second kappa shape index (κ2) is 4.40. The average Bonchev–Trinajstić information content (AvgIpc) is 2.24. The van der Waals surface area contributed by atoms with E-state index in [9.17, 15) is 0 Å². The van der Waals surface area contributed by atoms with Crippen molar-refractivity contribution in [1.29, 1.82) is 0 Å². The summed E-state index contributed by atoms with van der Waals surface area (Å²) < 4.78 is 0. The van der Waals surface area contributed by atoms with Crippen LogP contribution in [0.15, 0.2) is 0 Å². The maximum atomic E-state index is 6.55. The zero-order valence-corrected chi connectivity index (χ0v) is 9.62.